The van der Waals surface area contributed by atoms with Crippen molar-refractivity contribution in [2.24, 2.45) is 5.92 Å². The number of fused-ring (bicyclic) bond motifs is 1. The number of hydrogen-bond acceptors (Lipinski definition) is 3. The fourth-order valence-electron chi connectivity index (χ4n) is 2.98. The number of Topliss-reactive ketones (excluding diaryl/α,β-unsaturated/α-hetero) is 1. The number of hydrogen-bond donors (Lipinski definition) is 1. The Bertz CT molecular complexity index is 597. The van der Waals surface area contributed by atoms with E-state index in [2.05, 4.69) is 10.3 Å². The second-order valence-corrected chi connectivity index (χ2v) is 5.56. The van der Waals surface area contributed by atoms with Crippen LogP contribution < -0.4 is 5.32 Å². The van der Waals surface area contributed by atoms with Crippen molar-refractivity contribution in [2.75, 3.05) is 13.1 Å². The second-order valence-electron chi connectivity index (χ2n) is 5.56. The molecule has 0 radical (unpaired) electrons. The summed E-state index contributed by atoms with van der Waals surface area (Å²) in [7, 11) is 0. The number of benzene rings is 1. The summed E-state index contributed by atoms with van der Waals surface area (Å²) in [6.07, 6.45) is 7.57. The van der Waals surface area contributed by atoms with Crippen LogP contribution in [0.1, 0.15) is 36.0 Å². The topological polar surface area (TPSA) is 42.0 Å². The first-order chi connectivity index (χ1) is 9.84. The van der Waals surface area contributed by atoms with Crippen molar-refractivity contribution < 1.29 is 4.79 Å². The molecule has 104 valence electrons. The molecule has 0 aliphatic carbocycles. The summed E-state index contributed by atoms with van der Waals surface area (Å²) in [6, 6.07) is 7.97. The van der Waals surface area contributed by atoms with E-state index in [1.54, 1.807) is 6.20 Å². The van der Waals surface area contributed by atoms with Crippen LogP contribution >= 0.6 is 0 Å². The van der Waals surface area contributed by atoms with Gasteiger partial charge in [0.15, 0.2) is 5.78 Å². The molecule has 20 heavy (non-hydrogen) atoms. The number of carbonyl (C=O) groups excluding carboxylic acids is 1. The molecule has 1 N–H and O–H groups in total. The molecule has 0 atom stereocenters. The molecule has 3 heteroatoms. The van der Waals surface area contributed by atoms with Crippen molar-refractivity contribution in [3.63, 3.8) is 0 Å². The van der Waals surface area contributed by atoms with Gasteiger partial charge in [-0.05, 0) is 43.7 Å². The molecule has 1 aliphatic heterocycles. The highest BCUT2D eigenvalue weighted by molar-refractivity contribution is 6.07. The first-order valence-electron chi connectivity index (χ1n) is 7.41. The number of nitrogens with zero attached hydrogens (tertiary/aromatic N) is 1. The Hall–Kier alpha value is -1.74. The highest BCUT2D eigenvalue weighted by atomic mass is 16.1. The molecule has 1 aliphatic rings. The molecule has 3 nitrogen and oxygen atoms in total. The summed E-state index contributed by atoms with van der Waals surface area (Å²) in [4.78, 5) is 16.6. The van der Waals surface area contributed by atoms with Gasteiger partial charge in [-0.1, -0.05) is 24.3 Å². The van der Waals surface area contributed by atoms with Gasteiger partial charge in [0, 0.05) is 29.8 Å². The Morgan fingerprint density at radius 3 is 2.85 bits per heavy atom. The van der Waals surface area contributed by atoms with Gasteiger partial charge in [-0.3, -0.25) is 9.78 Å². The van der Waals surface area contributed by atoms with Crippen molar-refractivity contribution in [1.82, 2.24) is 10.3 Å². The van der Waals surface area contributed by atoms with Crippen LogP contribution in [0.15, 0.2) is 36.7 Å². The Morgan fingerprint density at radius 2 is 2.00 bits per heavy atom. The van der Waals surface area contributed by atoms with Crippen LogP contribution in [0.4, 0.5) is 0 Å². The number of rotatable bonds is 4. The maximum atomic E-state index is 12.4. The van der Waals surface area contributed by atoms with Crippen LogP contribution in [0.2, 0.25) is 0 Å². The zero-order valence-electron chi connectivity index (χ0n) is 11.6. The van der Waals surface area contributed by atoms with E-state index in [1.807, 2.05) is 30.5 Å². The third-order valence-corrected chi connectivity index (χ3v) is 4.21. The van der Waals surface area contributed by atoms with Gasteiger partial charge in [-0.25, -0.2) is 0 Å². The molecule has 3 rings (SSSR count). The minimum Gasteiger partial charge on any atom is -0.317 e. The molecular formula is C17H20N2O. The lowest BCUT2D eigenvalue weighted by Crippen LogP contribution is -2.28. The number of ketones is 1. The summed E-state index contributed by atoms with van der Waals surface area (Å²) < 4.78 is 0. The molecule has 2 heterocycles. The monoisotopic (exact) mass is 268 g/mol. The lowest BCUT2D eigenvalue weighted by molar-refractivity contribution is 0.0972. The first kappa shape index (κ1) is 13.3. The predicted molar refractivity (Wildman–Crippen MR) is 80.9 cm³/mol. The molecule has 0 unspecified atom stereocenters. The maximum absolute atomic E-state index is 12.4. The highest BCUT2D eigenvalue weighted by Crippen LogP contribution is 2.22. The lowest BCUT2D eigenvalue weighted by Gasteiger charge is -2.22. The minimum absolute atomic E-state index is 0.229. The molecule has 1 aromatic carbocycles. The highest BCUT2D eigenvalue weighted by Gasteiger charge is 2.16. The Morgan fingerprint density at radius 1 is 1.20 bits per heavy atom. The SMILES string of the molecule is O=C(CCC1CCNCC1)c1cncc2ccccc12. The van der Waals surface area contributed by atoms with Crippen LogP contribution in [0.3, 0.4) is 0 Å². The Labute approximate surface area is 119 Å². The fourth-order valence-corrected chi connectivity index (χ4v) is 2.98. The predicted octanol–water partition coefficient (Wildman–Crippen LogP) is 3.20. The van der Waals surface area contributed by atoms with E-state index in [0.717, 1.165) is 35.8 Å². The second kappa shape index (κ2) is 6.14. The largest absolute Gasteiger partial charge is 0.317 e. The van der Waals surface area contributed by atoms with Gasteiger partial charge in [-0.2, -0.15) is 0 Å². The minimum atomic E-state index is 0.229. The zero-order valence-corrected chi connectivity index (χ0v) is 11.6. The number of nitrogens with one attached hydrogen (secondary N) is 1. The summed E-state index contributed by atoms with van der Waals surface area (Å²) >= 11 is 0. The molecule has 0 saturated carbocycles. The molecular weight excluding hydrogens is 248 g/mol. The van der Waals surface area contributed by atoms with E-state index in [9.17, 15) is 4.79 Å². The van der Waals surface area contributed by atoms with Crippen LogP contribution in [0.25, 0.3) is 10.8 Å². The summed E-state index contributed by atoms with van der Waals surface area (Å²) in [6.45, 7) is 2.18. The molecule has 0 spiro atoms. The summed E-state index contributed by atoms with van der Waals surface area (Å²) in [5, 5.41) is 5.43. The molecule has 0 amide bonds. The van der Waals surface area contributed by atoms with Crippen molar-refractivity contribution >= 4 is 16.6 Å². The third kappa shape index (κ3) is 2.88. The quantitative estimate of drug-likeness (QED) is 0.866. The van der Waals surface area contributed by atoms with E-state index < -0.39 is 0 Å². The first-order valence-corrected chi connectivity index (χ1v) is 7.41. The van der Waals surface area contributed by atoms with Gasteiger partial charge in [0.25, 0.3) is 0 Å². The fraction of sp³-hybridized carbons (Fsp3) is 0.412. The summed E-state index contributed by atoms with van der Waals surface area (Å²) in [5.41, 5.74) is 0.775. The Kier molecular flexibility index (Phi) is 4.07. The van der Waals surface area contributed by atoms with Gasteiger partial charge in [0.2, 0.25) is 0 Å². The number of pyridine rings is 1. The van der Waals surface area contributed by atoms with E-state index in [0.29, 0.717) is 12.3 Å². The molecule has 1 saturated heterocycles. The van der Waals surface area contributed by atoms with Gasteiger partial charge in [0.05, 0.1) is 0 Å². The standard InChI is InChI=1S/C17H20N2O/c20-17(6-5-13-7-9-18-10-8-13)16-12-19-11-14-3-1-2-4-15(14)16/h1-4,11-13,18H,5-10H2. The van der Waals surface area contributed by atoms with Crippen LogP contribution in [-0.2, 0) is 0 Å². The number of aromatic nitrogens is 1. The van der Waals surface area contributed by atoms with Crippen molar-refractivity contribution in [3.8, 4) is 0 Å². The van der Waals surface area contributed by atoms with Crippen molar-refractivity contribution in [3.05, 3.63) is 42.2 Å². The van der Waals surface area contributed by atoms with E-state index in [-0.39, 0.29) is 5.78 Å². The van der Waals surface area contributed by atoms with Crippen LogP contribution in [0.5, 0.6) is 0 Å². The zero-order chi connectivity index (χ0) is 13.8. The van der Waals surface area contributed by atoms with E-state index in [1.165, 1.54) is 12.8 Å². The smallest absolute Gasteiger partial charge is 0.165 e. The third-order valence-electron chi connectivity index (χ3n) is 4.21. The maximum Gasteiger partial charge on any atom is 0.165 e. The molecule has 1 aromatic heterocycles. The number of piperidine rings is 1. The number of carbonyl (C=O) groups is 1. The molecule has 0 bridgehead atoms. The van der Waals surface area contributed by atoms with Gasteiger partial charge < -0.3 is 5.32 Å². The molecule has 1 fully saturated rings. The lowest BCUT2D eigenvalue weighted by atomic mass is 9.91. The van der Waals surface area contributed by atoms with E-state index >= 15 is 0 Å². The van der Waals surface area contributed by atoms with Crippen molar-refractivity contribution in [1.29, 1.82) is 0 Å². The average molecular weight is 268 g/mol. The van der Waals surface area contributed by atoms with Gasteiger partial charge >= 0.3 is 0 Å². The normalized spacial score (nSPS) is 16.4. The van der Waals surface area contributed by atoms with Crippen LogP contribution in [-0.4, -0.2) is 23.9 Å². The van der Waals surface area contributed by atoms with Crippen molar-refractivity contribution in [2.45, 2.75) is 25.7 Å². The van der Waals surface area contributed by atoms with Gasteiger partial charge in [0.1, 0.15) is 0 Å². The van der Waals surface area contributed by atoms with E-state index in [4.69, 9.17) is 0 Å². The summed E-state index contributed by atoms with van der Waals surface area (Å²) in [5.74, 6) is 0.927. The molecule has 2 aromatic rings. The van der Waals surface area contributed by atoms with Crippen LogP contribution in [0, 0.1) is 5.92 Å². The average Bonchev–Trinajstić information content (AvgIpc) is 2.53. The Balaban J connectivity index is 1.72. The van der Waals surface area contributed by atoms with Gasteiger partial charge in [-0.15, -0.1) is 0 Å².